The van der Waals surface area contributed by atoms with Crippen molar-refractivity contribution in [3.8, 4) is 0 Å². The van der Waals surface area contributed by atoms with E-state index < -0.39 is 5.82 Å². The van der Waals surface area contributed by atoms with Crippen LogP contribution in [0.15, 0.2) is 6.20 Å². The molecule has 0 N–H and O–H groups in total. The summed E-state index contributed by atoms with van der Waals surface area (Å²) >= 11 is 18.1. The predicted molar refractivity (Wildman–Crippen MR) is 85.4 cm³/mol. The molecule has 2 aromatic rings. The van der Waals surface area contributed by atoms with Crippen LogP contribution in [0.25, 0.3) is 10.9 Å². The first-order valence-corrected chi connectivity index (χ1v) is 8.35. The molecule has 22 heavy (non-hydrogen) atoms. The van der Waals surface area contributed by atoms with Crippen LogP contribution in [0.1, 0.15) is 19.3 Å². The third-order valence-electron chi connectivity index (χ3n) is 4.45. The summed E-state index contributed by atoms with van der Waals surface area (Å²) in [7, 11) is 0. The molecule has 0 spiro atoms. The highest BCUT2D eigenvalue weighted by Crippen LogP contribution is 2.48. The van der Waals surface area contributed by atoms with Crippen molar-refractivity contribution in [2.24, 2.45) is 5.92 Å². The Kier molecular flexibility index (Phi) is 3.55. The number of alkyl halides is 1. The molecule has 3 atom stereocenters. The van der Waals surface area contributed by atoms with E-state index in [4.69, 9.17) is 34.8 Å². The second kappa shape index (κ2) is 5.32. The number of nitrogens with zero attached hydrogens (tertiary/aromatic N) is 4. The van der Waals surface area contributed by atoms with Crippen LogP contribution in [0, 0.1) is 11.7 Å². The van der Waals surface area contributed by atoms with Gasteiger partial charge in [-0.1, -0.05) is 18.0 Å². The van der Waals surface area contributed by atoms with Crippen molar-refractivity contribution in [3.05, 3.63) is 22.5 Å². The first kappa shape index (κ1) is 14.7. The van der Waals surface area contributed by atoms with Crippen molar-refractivity contribution < 1.29 is 4.39 Å². The van der Waals surface area contributed by atoms with E-state index in [1.165, 1.54) is 6.20 Å². The summed E-state index contributed by atoms with van der Waals surface area (Å²) < 4.78 is 14.2. The fourth-order valence-corrected chi connectivity index (χ4v) is 4.13. The summed E-state index contributed by atoms with van der Waals surface area (Å²) in [6.07, 6.45) is 4.79. The van der Waals surface area contributed by atoms with Crippen molar-refractivity contribution in [1.29, 1.82) is 0 Å². The van der Waals surface area contributed by atoms with Gasteiger partial charge in [-0.2, -0.15) is 4.98 Å². The third-order valence-corrected chi connectivity index (χ3v) is 5.46. The van der Waals surface area contributed by atoms with E-state index in [9.17, 15) is 4.39 Å². The van der Waals surface area contributed by atoms with Gasteiger partial charge in [-0.25, -0.2) is 14.4 Å². The van der Waals surface area contributed by atoms with E-state index in [0.29, 0.717) is 17.1 Å². The number of pyridine rings is 1. The van der Waals surface area contributed by atoms with Gasteiger partial charge in [0.2, 0.25) is 5.28 Å². The van der Waals surface area contributed by atoms with Gasteiger partial charge in [-0.15, -0.1) is 11.6 Å². The highest BCUT2D eigenvalue weighted by atomic mass is 35.5. The Morgan fingerprint density at radius 2 is 2.05 bits per heavy atom. The number of hydrogen-bond acceptors (Lipinski definition) is 4. The van der Waals surface area contributed by atoms with Crippen molar-refractivity contribution >= 4 is 51.5 Å². The van der Waals surface area contributed by atoms with Gasteiger partial charge in [-0.3, -0.25) is 0 Å². The Morgan fingerprint density at radius 1 is 1.23 bits per heavy atom. The van der Waals surface area contributed by atoms with Gasteiger partial charge in [0.25, 0.3) is 0 Å². The zero-order chi connectivity index (χ0) is 15.4. The highest BCUT2D eigenvalue weighted by Gasteiger charge is 2.53. The summed E-state index contributed by atoms with van der Waals surface area (Å²) in [5.41, 5.74) is 0.0996. The lowest BCUT2D eigenvalue weighted by Gasteiger charge is -2.24. The number of anilines is 1. The quantitative estimate of drug-likeness (QED) is 0.436. The molecule has 1 aliphatic heterocycles. The molecule has 0 aromatic carbocycles. The van der Waals surface area contributed by atoms with Crippen LogP contribution in [-0.4, -0.2) is 32.9 Å². The van der Waals surface area contributed by atoms with Crippen LogP contribution in [-0.2, 0) is 0 Å². The number of aromatic nitrogens is 3. The zero-order valence-electron chi connectivity index (χ0n) is 11.4. The Bertz CT molecular complexity index is 756. The van der Waals surface area contributed by atoms with E-state index in [0.717, 1.165) is 25.8 Å². The third kappa shape index (κ3) is 2.22. The Labute approximate surface area is 141 Å². The first-order valence-electron chi connectivity index (χ1n) is 7.16. The van der Waals surface area contributed by atoms with Gasteiger partial charge in [0.1, 0.15) is 11.3 Å². The molecule has 1 aliphatic carbocycles. The van der Waals surface area contributed by atoms with Gasteiger partial charge in [0.05, 0.1) is 16.8 Å². The molecule has 1 saturated heterocycles. The predicted octanol–water partition coefficient (Wildman–Crippen LogP) is 4.07. The summed E-state index contributed by atoms with van der Waals surface area (Å²) in [6.45, 7) is 0.817. The van der Waals surface area contributed by atoms with Gasteiger partial charge in [0.15, 0.2) is 11.0 Å². The molecule has 4 rings (SSSR count). The zero-order valence-corrected chi connectivity index (χ0v) is 13.7. The van der Waals surface area contributed by atoms with Crippen molar-refractivity contribution in [2.75, 3.05) is 11.4 Å². The van der Waals surface area contributed by atoms with Gasteiger partial charge >= 0.3 is 0 Å². The lowest BCUT2D eigenvalue weighted by molar-refractivity contribution is 0.630. The minimum Gasteiger partial charge on any atom is -0.351 e. The summed E-state index contributed by atoms with van der Waals surface area (Å²) in [6, 6.07) is 0.220. The van der Waals surface area contributed by atoms with Crippen LogP contribution in [0.3, 0.4) is 0 Å². The van der Waals surface area contributed by atoms with E-state index >= 15 is 0 Å². The second-order valence-corrected chi connectivity index (χ2v) is 6.93. The average Bonchev–Trinajstić information content (AvgIpc) is 3.18. The standard InChI is InChI=1S/C14H12Cl3FN4/c15-8-6-3-1-2-4-22(11(6)8)13-7-5-19-12(16)9(18)10(7)20-14(17)21-13/h5-6,8,11H,1-4H2. The molecule has 2 aliphatic rings. The molecule has 116 valence electrons. The average molecular weight is 362 g/mol. The smallest absolute Gasteiger partial charge is 0.225 e. The van der Waals surface area contributed by atoms with E-state index in [1.54, 1.807) is 0 Å². The molecule has 3 unspecified atom stereocenters. The summed E-state index contributed by atoms with van der Waals surface area (Å²) in [4.78, 5) is 14.3. The summed E-state index contributed by atoms with van der Waals surface area (Å²) in [5.74, 6) is 0.380. The monoisotopic (exact) mass is 360 g/mol. The molecule has 2 aromatic heterocycles. The molecule has 8 heteroatoms. The molecule has 1 saturated carbocycles. The van der Waals surface area contributed by atoms with Crippen LogP contribution >= 0.6 is 34.8 Å². The fraction of sp³-hybridized carbons (Fsp3) is 0.500. The van der Waals surface area contributed by atoms with Crippen molar-refractivity contribution in [3.63, 3.8) is 0 Å². The molecule has 4 nitrogen and oxygen atoms in total. The SMILES string of the molecule is Fc1c(Cl)ncc2c(N3CCCCC4C(Cl)C43)nc(Cl)nc12. The molecule has 0 bridgehead atoms. The molecule has 3 heterocycles. The lowest BCUT2D eigenvalue weighted by atomic mass is 10.2. The van der Waals surface area contributed by atoms with Gasteiger partial charge in [-0.05, 0) is 30.4 Å². The normalized spacial score (nSPS) is 27.6. The van der Waals surface area contributed by atoms with Crippen LogP contribution < -0.4 is 4.90 Å². The molecular formula is C14H12Cl3FN4. The van der Waals surface area contributed by atoms with Gasteiger partial charge < -0.3 is 4.90 Å². The number of halogens is 4. The maximum Gasteiger partial charge on any atom is 0.225 e. The molecular weight excluding hydrogens is 350 g/mol. The topological polar surface area (TPSA) is 41.9 Å². The maximum atomic E-state index is 14.2. The van der Waals surface area contributed by atoms with Crippen molar-refractivity contribution in [2.45, 2.75) is 30.7 Å². The lowest BCUT2D eigenvalue weighted by Crippen LogP contribution is -2.29. The molecule has 0 amide bonds. The van der Waals surface area contributed by atoms with Crippen LogP contribution in [0.5, 0.6) is 0 Å². The minimum absolute atomic E-state index is 0.00349. The van der Waals surface area contributed by atoms with Gasteiger partial charge in [0, 0.05) is 12.7 Å². The summed E-state index contributed by atoms with van der Waals surface area (Å²) in [5, 5.41) is 0.400. The first-order chi connectivity index (χ1) is 10.6. The van der Waals surface area contributed by atoms with Crippen LogP contribution in [0.2, 0.25) is 10.4 Å². The van der Waals surface area contributed by atoms with Crippen molar-refractivity contribution in [1.82, 2.24) is 15.0 Å². The second-order valence-electron chi connectivity index (χ2n) is 5.73. The Hall–Kier alpha value is -0.910. The number of rotatable bonds is 1. The Morgan fingerprint density at radius 3 is 2.86 bits per heavy atom. The minimum atomic E-state index is -0.672. The highest BCUT2D eigenvalue weighted by molar-refractivity contribution is 6.31. The number of hydrogen-bond donors (Lipinski definition) is 0. The van der Waals surface area contributed by atoms with E-state index in [2.05, 4.69) is 19.9 Å². The maximum absolute atomic E-state index is 14.2. The number of fused-ring (bicyclic) bond motifs is 2. The fourth-order valence-electron chi connectivity index (χ4n) is 3.32. The molecule has 0 radical (unpaired) electrons. The molecule has 2 fully saturated rings. The Balaban J connectivity index is 1.89. The van der Waals surface area contributed by atoms with Crippen LogP contribution in [0.4, 0.5) is 10.2 Å². The largest absolute Gasteiger partial charge is 0.351 e. The van der Waals surface area contributed by atoms with E-state index in [1.807, 2.05) is 0 Å². The van der Waals surface area contributed by atoms with E-state index in [-0.39, 0.29) is 27.4 Å².